The molecule has 0 aliphatic carbocycles. The summed E-state index contributed by atoms with van der Waals surface area (Å²) in [5.74, 6) is 0.148. The molecule has 1 saturated heterocycles. The predicted molar refractivity (Wildman–Crippen MR) is 136 cm³/mol. The van der Waals surface area contributed by atoms with Gasteiger partial charge >= 0.3 is 0 Å². The number of benzene rings is 2. The van der Waals surface area contributed by atoms with Crippen molar-refractivity contribution in [3.8, 4) is 5.75 Å². The first-order valence-corrected chi connectivity index (χ1v) is 12.1. The molecule has 2 aliphatic rings. The largest absolute Gasteiger partial charge is 0.494 e. The van der Waals surface area contributed by atoms with E-state index in [4.69, 9.17) is 4.74 Å². The summed E-state index contributed by atoms with van der Waals surface area (Å²) in [6, 6.07) is 15.2. The van der Waals surface area contributed by atoms with Crippen LogP contribution in [0.4, 0.5) is 11.4 Å². The van der Waals surface area contributed by atoms with Crippen LogP contribution in [0.3, 0.4) is 0 Å². The van der Waals surface area contributed by atoms with Crippen molar-refractivity contribution in [1.29, 1.82) is 0 Å². The summed E-state index contributed by atoms with van der Waals surface area (Å²) in [5, 5.41) is 3.25. The number of carbonyl (C=O) groups is 2. The number of hydrogen-bond donors (Lipinski definition) is 1. The van der Waals surface area contributed by atoms with E-state index in [-0.39, 0.29) is 17.9 Å². The van der Waals surface area contributed by atoms with E-state index in [1.807, 2.05) is 57.2 Å². The Morgan fingerprint density at radius 3 is 2.09 bits per heavy atom. The van der Waals surface area contributed by atoms with E-state index in [1.54, 1.807) is 0 Å². The van der Waals surface area contributed by atoms with E-state index in [2.05, 4.69) is 34.2 Å². The van der Waals surface area contributed by atoms with Crippen LogP contribution in [0.25, 0.3) is 5.57 Å². The minimum absolute atomic E-state index is 0.235. The van der Waals surface area contributed by atoms with E-state index >= 15 is 0 Å². The zero-order valence-electron chi connectivity index (χ0n) is 20.5. The van der Waals surface area contributed by atoms with Gasteiger partial charge in [0, 0.05) is 43.6 Å². The van der Waals surface area contributed by atoms with Crippen molar-refractivity contribution < 1.29 is 14.3 Å². The Morgan fingerprint density at radius 1 is 0.882 bits per heavy atom. The highest BCUT2D eigenvalue weighted by molar-refractivity contribution is 6.36. The van der Waals surface area contributed by atoms with Crippen molar-refractivity contribution in [1.82, 2.24) is 9.80 Å². The first-order valence-electron chi connectivity index (χ1n) is 12.1. The molecule has 7 nitrogen and oxygen atoms in total. The third-order valence-corrected chi connectivity index (χ3v) is 6.41. The number of carbonyl (C=O) groups excluding carboxylic acids is 2. The highest BCUT2D eigenvalue weighted by atomic mass is 16.5. The Morgan fingerprint density at radius 2 is 1.53 bits per heavy atom. The molecule has 4 rings (SSSR count). The van der Waals surface area contributed by atoms with Crippen LogP contribution < -0.4 is 15.0 Å². The molecule has 0 atom stereocenters. The summed E-state index contributed by atoms with van der Waals surface area (Å²) >= 11 is 0. The fourth-order valence-electron chi connectivity index (χ4n) is 4.51. The maximum absolute atomic E-state index is 13.2. The quantitative estimate of drug-likeness (QED) is 0.602. The van der Waals surface area contributed by atoms with E-state index in [0.29, 0.717) is 23.4 Å². The van der Waals surface area contributed by atoms with Gasteiger partial charge in [-0.15, -0.1) is 0 Å². The number of nitrogens with one attached hydrogen (secondary N) is 1. The fourth-order valence-corrected chi connectivity index (χ4v) is 4.51. The van der Waals surface area contributed by atoms with Crippen LogP contribution in [-0.4, -0.2) is 67.0 Å². The van der Waals surface area contributed by atoms with E-state index in [0.717, 1.165) is 44.2 Å². The smallest absolute Gasteiger partial charge is 0.278 e. The van der Waals surface area contributed by atoms with Crippen LogP contribution in [0.15, 0.2) is 54.2 Å². The Labute approximate surface area is 202 Å². The number of ether oxygens (including phenoxy) is 1. The molecule has 2 aromatic rings. The monoisotopic (exact) mass is 462 g/mol. The lowest BCUT2D eigenvalue weighted by Crippen LogP contribution is -2.46. The zero-order chi connectivity index (χ0) is 24.2. The number of rotatable bonds is 8. The lowest BCUT2D eigenvalue weighted by atomic mass is 10.0. The van der Waals surface area contributed by atoms with Crippen LogP contribution in [0.2, 0.25) is 0 Å². The number of anilines is 2. The summed E-state index contributed by atoms with van der Waals surface area (Å²) in [4.78, 5) is 32.6. The third-order valence-electron chi connectivity index (χ3n) is 6.41. The summed E-state index contributed by atoms with van der Waals surface area (Å²) in [6.45, 7) is 13.6. The lowest BCUT2D eigenvalue weighted by Gasteiger charge is -2.35. The summed E-state index contributed by atoms with van der Waals surface area (Å²) in [5.41, 5.74) is 3.34. The van der Waals surface area contributed by atoms with Gasteiger partial charge in [0.2, 0.25) is 0 Å². The molecule has 180 valence electrons. The Hall–Kier alpha value is -3.32. The average Bonchev–Trinajstić information content (AvgIpc) is 3.09. The molecule has 0 saturated carbocycles. The maximum Gasteiger partial charge on any atom is 0.278 e. The fraction of sp³-hybridized carbons (Fsp3) is 0.407. The van der Waals surface area contributed by atoms with E-state index in [9.17, 15) is 9.59 Å². The molecule has 2 heterocycles. The predicted octanol–water partition coefficient (Wildman–Crippen LogP) is 3.83. The molecule has 1 fully saturated rings. The summed E-state index contributed by atoms with van der Waals surface area (Å²) in [6.07, 6.45) is 0. The Bertz CT molecular complexity index is 1050. The van der Waals surface area contributed by atoms with Crippen molar-refractivity contribution >= 4 is 28.8 Å². The second-order valence-corrected chi connectivity index (χ2v) is 8.87. The van der Waals surface area contributed by atoms with Gasteiger partial charge in [-0.2, -0.15) is 0 Å². The topological polar surface area (TPSA) is 65.1 Å². The summed E-state index contributed by atoms with van der Waals surface area (Å²) in [7, 11) is 0. The van der Waals surface area contributed by atoms with Crippen molar-refractivity contribution in [2.75, 3.05) is 49.5 Å². The van der Waals surface area contributed by atoms with Crippen LogP contribution in [0.1, 0.15) is 33.3 Å². The molecule has 0 unspecified atom stereocenters. The van der Waals surface area contributed by atoms with E-state index < -0.39 is 0 Å². The van der Waals surface area contributed by atoms with Crippen LogP contribution in [0, 0.1) is 0 Å². The standard InChI is InChI=1S/C27H34N4O3/c1-5-29-15-17-30(18-16-29)22-11-9-21(10-12-22)28-25-24(26(32)31(19(3)4)27(25)33)20-7-13-23(14-8-20)34-6-2/h7-14,19,28H,5-6,15-18H2,1-4H3. The number of likely N-dealkylation sites (N-methyl/N-ethyl adjacent to an activating group) is 1. The number of nitrogens with zero attached hydrogens (tertiary/aromatic N) is 3. The number of piperazine rings is 1. The third kappa shape index (κ3) is 4.80. The molecule has 2 aromatic carbocycles. The van der Waals surface area contributed by atoms with Gasteiger partial charge in [0.05, 0.1) is 12.2 Å². The lowest BCUT2D eigenvalue weighted by molar-refractivity contribution is -0.138. The van der Waals surface area contributed by atoms with Gasteiger partial charge in [-0.1, -0.05) is 19.1 Å². The van der Waals surface area contributed by atoms with Gasteiger partial charge < -0.3 is 19.9 Å². The first kappa shape index (κ1) is 23.8. The van der Waals surface area contributed by atoms with Gasteiger partial charge in [-0.05, 0) is 69.3 Å². The number of amides is 2. The highest BCUT2D eigenvalue weighted by Gasteiger charge is 2.40. The van der Waals surface area contributed by atoms with Crippen LogP contribution in [0.5, 0.6) is 5.75 Å². The molecule has 0 aromatic heterocycles. The number of hydrogen-bond acceptors (Lipinski definition) is 6. The van der Waals surface area contributed by atoms with Crippen molar-refractivity contribution in [3.63, 3.8) is 0 Å². The molecule has 0 radical (unpaired) electrons. The summed E-state index contributed by atoms with van der Waals surface area (Å²) < 4.78 is 5.53. The van der Waals surface area contributed by atoms with Crippen molar-refractivity contribution in [2.45, 2.75) is 33.7 Å². The Balaban J connectivity index is 1.59. The molecule has 2 amide bonds. The first-order chi connectivity index (χ1) is 16.4. The SMILES string of the molecule is CCOc1ccc(C2=C(Nc3ccc(N4CCN(CC)CC4)cc3)C(=O)N(C(C)C)C2=O)cc1. The van der Waals surface area contributed by atoms with Gasteiger partial charge in [0.25, 0.3) is 11.8 Å². The van der Waals surface area contributed by atoms with Gasteiger partial charge in [0.15, 0.2) is 0 Å². The molecule has 0 spiro atoms. The van der Waals surface area contributed by atoms with Crippen LogP contribution in [-0.2, 0) is 9.59 Å². The minimum atomic E-state index is -0.302. The van der Waals surface area contributed by atoms with Crippen molar-refractivity contribution in [3.05, 3.63) is 59.8 Å². The van der Waals surface area contributed by atoms with E-state index in [1.165, 1.54) is 10.6 Å². The second-order valence-electron chi connectivity index (χ2n) is 8.87. The molecule has 34 heavy (non-hydrogen) atoms. The van der Waals surface area contributed by atoms with Crippen molar-refractivity contribution in [2.24, 2.45) is 0 Å². The molecule has 1 N–H and O–H groups in total. The minimum Gasteiger partial charge on any atom is -0.494 e. The van der Waals surface area contributed by atoms with Gasteiger partial charge in [-0.3, -0.25) is 14.5 Å². The highest BCUT2D eigenvalue weighted by Crippen LogP contribution is 2.33. The number of imide groups is 1. The second kappa shape index (κ2) is 10.3. The molecule has 7 heteroatoms. The molecular formula is C27H34N4O3. The maximum atomic E-state index is 13.2. The van der Waals surface area contributed by atoms with Gasteiger partial charge in [0.1, 0.15) is 11.4 Å². The normalized spacial score (nSPS) is 17.2. The van der Waals surface area contributed by atoms with Crippen LogP contribution >= 0.6 is 0 Å². The van der Waals surface area contributed by atoms with Gasteiger partial charge in [-0.25, -0.2) is 0 Å². The average molecular weight is 463 g/mol. The Kier molecular flexibility index (Phi) is 7.22. The molecule has 0 bridgehead atoms. The zero-order valence-corrected chi connectivity index (χ0v) is 20.5. The molecular weight excluding hydrogens is 428 g/mol. The molecule has 2 aliphatic heterocycles.